The molecule has 0 spiro atoms. The first kappa shape index (κ1) is 13.7. The summed E-state index contributed by atoms with van der Waals surface area (Å²) in [6.07, 6.45) is 0.517. The van der Waals surface area contributed by atoms with Crippen molar-refractivity contribution in [3.05, 3.63) is 69.5 Å². The molecule has 0 saturated heterocycles. The van der Waals surface area contributed by atoms with E-state index in [1.165, 1.54) is 18.2 Å². The molecule has 5 nitrogen and oxygen atoms in total. The molecule has 0 amide bonds. The molecular formula is C14H10FNO4. The lowest BCUT2D eigenvalue weighted by Gasteiger charge is -2.07. The largest absolute Gasteiger partial charge is 0.489 e. The minimum absolute atomic E-state index is 0.0427. The van der Waals surface area contributed by atoms with Crippen LogP contribution in [0.1, 0.15) is 15.9 Å². The van der Waals surface area contributed by atoms with E-state index in [0.717, 1.165) is 12.1 Å². The number of rotatable bonds is 5. The number of halogens is 1. The van der Waals surface area contributed by atoms with E-state index in [1.54, 1.807) is 12.1 Å². The number of carbonyl (C=O) groups is 1. The van der Waals surface area contributed by atoms with Gasteiger partial charge >= 0.3 is 0 Å². The Labute approximate surface area is 113 Å². The number of nitrogens with zero attached hydrogens (tertiary/aromatic N) is 1. The molecule has 2 aromatic rings. The Balaban J connectivity index is 2.12. The summed E-state index contributed by atoms with van der Waals surface area (Å²) < 4.78 is 18.5. The fraction of sp³-hybridized carbons (Fsp3) is 0.0714. The molecule has 0 saturated carbocycles. The molecule has 0 heterocycles. The Morgan fingerprint density at radius 2 is 2.05 bits per heavy atom. The van der Waals surface area contributed by atoms with Crippen LogP contribution in [0.25, 0.3) is 0 Å². The van der Waals surface area contributed by atoms with Crippen molar-refractivity contribution in [2.45, 2.75) is 6.61 Å². The zero-order chi connectivity index (χ0) is 14.5. The monoisotopic (exact) mass is 275 g/mol. The number of aldehydes is 1. The van der Waals surface area contributed by atoms with Gasteiger partial charge in [-0.2, -0.15) is 0 Å². The van der Waals surface area contributed by atoms with Gasteiger partial charge in [0.25, 0.3) is 5.69 Å². The second-order valence-corrected chi connectivity index (χ2v) is 4.05. The van der Waals surface area contributed by atoms with Crippen LogP contribution in [-0.4, -0.2) is 11.2 Å². The average molecular weight is 275 g/mol. The Morgan fingerprint density at radius 1 is 1.25 bits per heavy atom. The lowest BCUT2D eigenvalue weighted by atomic mass is 10.2. The summed E-state index contributed by atoms with van der Waals surface area (Å²) in [6.45, 7) is 0.0451. The summed E-state index contributed by atoms with van der Waals surface area (Å²) in [5.41, 5.74) is 0.703. The van der Waals surface area contributed by atoms with Gasteiger partial charge in [-0.05, 0) is 17.7 Å². The van der Waals surface area contributed by atoms with Gasteiger partial charge in [0.1, 0.15) is 24.5 Å². The summed E-state index contributed by atoms with van der Waals surface area (Å²) in [7, 11) is 0. The average Bonchev–Trinajstić information content (AvgIpc) is 2.44. The Morgan fingerprint density at radius 3 is 2.75 bits per heavy atom. The quantitative estimate of drug-likeness (QED) is 0.477. The second kappa shape index (κ2) is 5.92. The maximum Gasteiger partial charge on any atom is 0.269 e. The van der Waals surface area contributed by atoms with Crippen LogP contribution in [0.5, 0.6) is 5.75 Å². The summed E-state index contributed by atoms with van der Waals surface area (Å²) >= 11 is 0. The number of nitro groups is 1. The van der Waals surface area contributed by atoms with Crippen LogP contribution < -0.4 is 4.74 Å². The molecule has 102 valence electrons. The third-order valence-electron chi connectivity index (χ3n) is 2.56. The molecule has 0 radical (unpaired) electrons. The van der Waals surface area contributed by atoms with Crippen molar-refractivity contribution < 1.29 is 18.8 Å². The number of non-ortho nitro benzene ring substituents is 1. The number of ether oxygens (including phenoxy) is 1. The fourth-order valence-electron chi connectivity index (χ4n) is 1.66. The number of nitro benzene ring substituents is 1. The molecule has 0 aliphatic heterocycles. The lowest BCUT2D eigenvalue weighted by Crippen LogP contribution is -1.98. The first-order valence-corrected chi connectivity index (χ1v) is 5.70. The molecule has 0 unspecified atom stereocenters. The van der Waals surface area contributed by atoms with Crippen LogP contribution in [0.4, 0.5) is 10.1 Å². The lowest BCUT2D eigenvalue weighted by molar-refractivity contribution is -0.384. The number of hydrogen-bond acceptors (Lipinski definition) is 4. The highest BCUT2D eigenvalue weighted by Gasteiger charge is 2.07. The van der Waals surface area contributed by atoms with Gasteiger partial charge in [-0.1, -0.05) is 12.1 Å². The summed E-state index contributed by atoms with van der Waals surface area (Å²) in [5.74, 6) is -0.387. The molecule has 2 aromatic carbocycles. The van der Waals surface area contributed by atoms with Gasteiger partial charge in [0.15, 0.2) is 0 Å². The summed E-state index contributed by atoms with van der Waals surface area (Å²) in [4.78, 5) is 20.7. The molecule has 0 aliphatic rings. The van der Waals surface area contributed by atoms with E-state index in [0.29, 0.717) is 11.8 Å². The zero-order valence-electron chi connectivity index (χ0n) is 10.3. The fourth-order valence-corrected chi connectivity index (χ4v) is 1.66. The minimum Gasteiger partial charge on any atom is -0.489 e. The summed E-state index contributed by atoms with van der Waals surface area (Å²) in [5, 5.41) is 10.6. The third kappa shape index (κ3) is 3.38. The normalized spacial score (nSPS) is 10.1. The van der Waals surface area contributed by atoms with Crippen molar-refractivity contribution in [2.24, 2.45) is 0 Å². The van der Waals surface area contributed by atoms with Crippen LogP contribution >= 0.6 is 0 Å². The maximum atomic E-state index is 13.2. The van der Waals surface area contributed by atoms with Crippen molar-refractivity contribution in [3.8, 4) is 5.75 Å². The predicted octanol–water partition coefficient (Wildman–Crippen LogP) is 3.13. The standard InChI is InChI=1S/C14H10FNO4/c15-12-4-11(8-17)6-14(7-12)20-9-10-2-1-3-13(5-10)16(18)19/h1-8H,9H2. The second-order valence-electron chi connectivity index (χ2n) is 4.05. The van der Waals surface area contributed by atoms with E-state index in [2.05, 4.69) is 0 Å². The zero-order valence-corrected chi connectivity index (χ0v) is 10.3. The summed E-state index contributed by atoms with van der Waals surface area (Å²) in [6, 6.07) is 9.58. The van der Waals surface area contributed by atoms with Crippen molar-refractivity contribution in [2.75, 3.05) is 0 Å². The predicted molar refractivity (Wildman–Crippen MR) is 69.2 cm³/mol. The smallest absolute Gasteiger partial charge is 0.269 e. The van der Waals surface area contributed by atoms with E-state index >= 15 is 0 Å². The van der Waals surface area contributed by atoms with Crippen molar-refractivity contribution in [1.29, 1.82) is 0 Å². The van der Waals surface area contributed by atoms with Gasteiger partial charge in [-0.15, -0.1) is 0 Å². The Hall–Kier alpha value is -2.76. The van der Waals surface area contributed by atoms with E-state index in [1.807, 2.05) is 0 Å². The highest BCUT2D eigenvalue weighted by molar-refractivity contribution is 5.75. The first-order valence-electron chi connectivity index (χ1n) is 5.70. The van der Waals surface area contributed by atoms with Crippen LogP contribution in [0.15, 0.2) is 42.5 Å². The van der Waals surface area contributed by atoms with Crippen LogP contribution in [-0.2, 0) is 6.61 Å². The van der Waals surface area contributed by atoms with Gasteiger partial charge in [-0.25, -0.2) is 4.39 Å². The number of benzene rings is 2. The molecule has 0 atom stereocenters. The van der Waals surface area contributed by atoms with Crippen LogP contribution in [0, 0.1) is 15.9 Å². The minimum atomic E-state index is -0.580. The molecule has 0 aliphatic carbocycles. The van der Waals surface area contributed by atoms with Gasteiger partial charge in [0.2, 0.25) is 0 Å². The highest BCUT2D eigenvalue weighted by Crippen LogP contribution is 2.18. The van der Waals surface area contributed by atoms with E-state index in [9.17, 15) is 19.3 Å². The van der Waals surface area contributed by atoms with Gasteiger partial charge in [0, 0.05) is 23.8 Å². The SMILES string of the molecule is O=Cc1cc(F)cc(OCc2cccc([N+](=O)[O-])c2)c1. The molecule has 0 fully saturated rings. The highest BCUT2D eigenvalue weighted by atomic mass is 19.1. The van der Waals surface area contributed by atoms with Crippen molar-refractivity contribution in [3.63, 3.8) is 0 Å². The van der Waals surface area contributed by atoms with E-state index < -0.39 is 10.7 Å². The van der Waals surface area contributed by atoms with Gasteiger partial charge in [-0.3, -0.25) is 14.9 Å². The van der Waals surface area contributed by atoms with Crippen molar-refractivity contribution in [1.82, 2.24) is 0 Å². The first-order chi connectivity index (χ1) is 9.58. The molecule has 0 N–H and O–H groups in total. The van der Waals surface area contributed by atoms with E-state index in [-0.39, 0.29) is 23.6 Å². The van der Waals surface area contributed by atoms with E-state index in [4.69, 9.17) is 4.74 Å². The molecule has 0 bridgehead atoms. The Kier molecular flexibility index (Phi) is 4.05. The van der Waals surface area contributed by atoms with Crippen molar-refractivity contribution >= 4 is 12.0 Å². The molecule has 6 heteroatoms. The van der Waals surface area contributed by atoms with Gasteiger partial charge < -0.3 is 4.74 Å². The van der Waals surface area contributed by atoms with Crippen LogP contribution in [0.2, 0.25) is 0 Å². The third-order valence-corrected chi connectivity index (χ3v) is 2.56. The molecule has 2 rings (SSSR count). The molecule has 20 heavy (non-hydrogen) atoms. The number of hydrogen-bond donors (Lipinski definition) is 0. The molecular weight excluding hydrogens is 265 g/mol. The van der Waals surface area contributed by atoms with Crippen LogP contribution in [0.3, 0.4) is 0 Å². The van der Waals surface area contributed by atoms with Gasteiger partial charge in [0.05, 0.1) is 4.92 Å². The topological polar surface area (TPSA) is 69.4 Å². The number of carbonyl (C=O) groups excluding carboxylic acids is 1. The Bertz CT molecular complexity index is 657. The maximum absolute atomic E-state index is 13.2. The molecule has 0 aromatic heterocycles.